The summed E-state index contributed by atoms with van der Waals surface area (Å²) in [5.74, 6) is 1.69. The van der Waals surface area contributed by atoms with Crippen LogP contribution in [0.4, 0.5) is 0 Å². The lowest BCUT2D eigenvalue weighted by molar-refractivity contribution is -0.131. The van der Waals surface area contributed by atoms with Crippen LogP contribution in [-0.4, -0.2) is 57.6 Å². The van der Waals surface area contributed by atoms with E-state index in [1.165, 1.54) is 16.7 Å². The topological polar surface area (TPSA) is 65.8 Å². The number of carbonyl (C=O) groups is 1. The average Bonchev–Trinajstić information content (AvgIpc) is 3.48. The number of likely N-dealkylation sites (tertiary alicyclic amines) is 1. The Labute approximate surface area is 201 Å². The van der Waals surface area contributed by atoms with Gasteiger partial charge in [0.1, 0.15) is 0 Å². The van der Waals surface area contributed by atoms with Crippen molar-refractivity contribution in [3.8, 4) is 0 Å². The summed E-state index contributed by atoms with van der Waals surface area (Å²) in [6, 6.07) is 8.32. The van der Waals surface area contributed by atoms with Crippen molar-refractivity contribution in [2.75, 3.05) is 26.2 Å². The standard InChI is InChI=1S/C23H32N6O.HI/c1-3-24-23(28-12-10-20(15-28)21-13-26-27(2)14-21)25-11-6-9-22(30)29-16-18-7-4-5-8-19(18)17-29;/h4-5,7-8,13-14,20H,3,6,9-12,15-17H2,1-2H3,(H,24,25);1H. The largest absolute Gasteiger partial charge is 0.357 e. The summed E-state index contributed by atoms with van der Waals surface area (Å²) in [7, 11) is 1.96. The van der Waals surface area contributed by atoms with Crippen LogP contribution in [-0.2, 0) is 24.9 Å². The van der Waals surface area contributed by atoms with E-state index in [4.69, 9.17) is 4.99 Å². The molecule has 7 nitrogen and oxygen atoms in total. The third-order valence-electron chi connectivity index (χ3n) is 6.02. The predicted molar refractivity (Wildman–Crippen MR) is 133 cm³/mol. The second kappa shape index (κ2) is 11.0. The molecular formula is C23H33IN6O. The van der Waals surface area contributed by atoms with Crippen LogP contribution in [0.2, 0.25) is 0 Å². The number of nitrogens with one attached hydrogen (secondary N) is 1. The zero-order valence-electron chi connectivity index (χ0n) is 18.5. The highest BCUT2D eigenvalue weighted by molar-refractivity contribution is 14.0. The van der Waals surface area contributed by atoms with Gasteiger partial charge in [0.2, 0.25) is 5.91 Å². The van der Waals surface area contributed by atoms with Gasteiger partial charge in [0, 0.05) is 64.9 Å². The monoisotopic (exact) mass is 536 g/mol. The molecule has 4 rings (SSSR count). The van der Waals surface area contributed by atoms with E-state index in [-0.39, 0.29) is 29.9 Å². The van der Waals surface area contributed by atoms with E-state index >= 15 is 0 Å². The first-order valence-electron chi connectivity index (χ1n) is 11.0. The molecule has 2 aliphatic rings. The molecule has 1 saturated heterocycles. The molecule has 0 radical (unpaired) electrons. The molecule has 1 fully saturated rings. The highest BCUT2D eigenvalue weighted by Crippen LogP contribution is 2.27. The van der Waals surface area contributed by atoms with Crippen LogP contribution in [0.3, 0.4) is 0 Å². The summed E-state index contributed by atoms with van der Waals surface area (Å²) in [6.45, 7) is 7.05. The summed E-state index contributed by atoms with van der Waals surface area (Å²) >= 11 is 0. The molecule has 1 unspecified atom stereocenters. The van der Waals surface area contributed by atoms with Crippen molar-refractivity contribution in [2.45, 2.75) is 45.2 Å². The summed E-state index contributed by atoms with van der Waals surface area (Å²) < 4.78 is 1.87. The molecule has 2 aliphatic heterocycles. The minimum Gasteiger partial charge on any atom is -0.357 e. The first-order valence-corrected chi connectivity index (χ1v) is 11.0. The molecule has 168 valence electrons. The molecule has 1 atom stereocenters. The van der Waals surface area contributed by atoms with Gasteiger partial charge in [-0.25, -0.2) is 0 Å². The maximum absolute atomic E-state index is 12.6. The number of aromatic nitrogens is 2. The van der Waals surface area contributed by atoms with Crippen molar-refractivity contribution in [3.05, 3.63) is 53.3 Å². The van der Waals surface area contributed by atoms with Gasteiger partial charge in [0.15, 0.2) is 5.96 Å². The number of benzene rings is 1. The third-order valence-corrected chi connectivity index (χ3v) is 6.02. The molecule has 2 aromatic rings. The highest BCUT2D eigenvalue weighted by Gasteiger charge is 2.27. The second-order valence-electron chi connectivity index (χ2n) is 8.24. The smallest absolute Gasteiger partial charge is 0.223 e. The lowest BCUT2D eigenvalue weighted by atomic mass is 10.0. The number of fused-ring (bicyclic) bond motifs is 1. The van der Waals surface area contributed by atoms with Gasteiger partial charge in [-0.2, -0.15) is 5.10 Å². The number of halogens is 1. The van der Waals surface area contributed by atoms with Crippen LogP contribution in [0.25, 0.3) is 0 Å². The van der Waals surface area contributed by atoms with Crippen molar-refractivity contribution >= 4 is 35.8 Å². The molecule has 3 heterocycles. The summed E-state index contributed by atoms with van der Waals surface area (Å²) in [4.78, 5) is 21.7. The number of hydrogen-bond acceptors (Lipinski definition) is 3. The molecule has 0 bridgehead atoms. The Balaban J connectivity index is 0.00000272. The van der Waals surface area contributed by atoms with E-state index in [0.29, 0.717) is 18.9 Å². The van der Waals surface area contributed by atoms with Gasteiger partial charge in [-0.3, -0.25) is 14.5 Å². The van der Waals surface area contributed by atoms with E-state index in [2.05, 4.69) is 40.6 Å². The third kappa shape index (κ3) is 5.78. The predicted octanol–water partition coefficient (Wildman–Crippen LogP) is 3.12. The number of nitrogens with zero attached hydrogens (tertiary/aromatic N) is 5. The van der Waals surface area contributed by atoms with Gasteiger partial charge in [-0.05, 0) is 36.5 Å². The Hall–Kier alpha value is -2.10. The maximum Gasteiger partial charge on any atom is 0.223 e. The molecule has 1 N–H and O–H groups in total. The quantitative estimate of drug-likeness (QED) is 0.267. The normalized spacial score (nSPS) is 18.1. The van der Waals surface area contributed by atoms with Gasteiger partial charge < -0.3 is 15.1 Å². The van der Waals surface area contributed by atoms with Crippen LogP contribution in [0.15, 0.2) is 41.7 Å². The molecule has 1 aromatic carbocycles. The van der Waals surface area contributed by atoms with Crippen LogP contribution in [0, 0.1) is 0 Å². The van der Waals surface area contributed by atoms with Crippen molar-refractivity contribution < 1.29 is 4.79 Å². The van der Waals surface area contributed by atoms with Crippen molar-refractivity contribution in [2.24, 2.45) is 12.0 Å². The number of carbonyl (C=O) groups excluding carboxylic acids is 1. The fourth-order valence-corrected chi connectivity index (χ4v) is 4.38. The molecule has 8 heteroatoms. The first-order chi connectivity index (χ1) is 14.6. The van der Waals surface area contributed by atoms with Gasteiger partial charge in [-0.15, -0.1) is 24.0 Å². The summed E-state index contributed by atoms with van der Waals surface area (Å²) in [6.07, 6.45) is 6.53. The summed E-state index contributed by atoms with van der Waals surface area (Å²) in [5.41, 5.74) is 3.85. The van der Waals surface area contributed by atoms with E-state index < -0.39 is 0 Å². The van der Waals surface area contributed by atoms with Gasteiger partial charge in [-0.1, -0.05) is 24.3 Å². The average molecular weight is 536 g/mol. The first kappa shape index (κ1) is 23.6. The van der Waals surface area contributed by atoms with Gasteiger partial charge >= 0.3 is 0 Å². The molecule has 0 aliphatic carbocycles. The van der Waals surface area contributed by atoms with E-state index in [1.807, 2.05) is 35.0 Å². The molecule has 31 heavy (non-hydrogen) atoms. The Morgan fingerprint density at radius 3 is 2.61 bits per heavy atom. The fourth-order valence-electron chi connectivity index (χ4n) is 4.38. The number of aliphatic imine (C=N–C) groups is 1. The molecular weight excluding hydrogens is 503 g/mol. The fraction of sp³-hybridized carbons (Fsp3) is 0.522. The van der Waals surface area contributed by atoms with Crippen LogP contribution in [0.5, 0.6) is 0 Å². The molecule has 1 aromatic heterocycles. The van der Waals surface area contributed by atoms with E-state index in [1.54, 1.807) is 0 Å². The zero-order valence-corrected chi connectivity index (χ0v) is 20.8. The second-order valence-corrected chi connectivity index (χ2v) is 8.24. The zero-order chi connectivity index (χ0) is 20.9. The molecule has 1 amide bonds. The van der Waals surface area contributed by atoms with Crippen LogP contribution < -0.4 is 5.32 Å². The number of rotatable bonds is 6. The van der Waals surface area contributed by atoms with Crippen LogP contribution >= 0.6 is 24.0 Å². The SMILES string of the molecule is CCNC(=NCCCC(=O)N1Cc2ccccc2C1)N1CCC(c2cnn(C)c2)C1.I. The summed E-state index contributed by atoms with van der Waals surface area (Å²) in [5, 5.41) is 7.72. The van der Waals surface area contributed by atoms with E-state index in [9.17, 15) is 4.79 Å². The number of hydrogen-bond donors (Lipinski definition) is 1. The minimum absolute atomic E-state index is 0. The van der Waals surface area contributed by atoms with Crippen molar-refractivity contribution in [1.29, 1.82) is 0 Å². The number of amides is 1. The Bertz CT molecular complexity index is 886. The van der Waals surface area contributed by atoms with Crippen LogP contribution in [0.1, 0.15) is 48.8 Å². The van der Waals surface area contributed by atoms with Crippen molar-refractivity contribution in [1.82, 2.24) is 24.9 Å². The molecule has 0 saturated carbocycles. The highest BCUT2D eigenvalue weighted by atomic mass is 127. The molecule has 0 spiro atoms. The Morgan fingerprint density at radius 2 is 1.97 bits per heavy atom. The van der Waals surface area contributed by atoms with Gasteiger partial charge in [0.25, 0.3) is 0 Å². The minimum atomic E-state index is 0. The Kier molecular flexibility index (Phi) is 8.34. The van der Waals surface area contributed by atoms with Crippen molar-refractivity contribution in [3.63, 3.8) is 0 Å². The lowest BCUT2D eigenvalue weighted by Gasteiger charge is -2.21. The maximum atomic E-state index is 12.6. The number of aryl methyl sites for hydroxylation is 1. The van der Waals surface area contributed by atoms with E-state index in [0.717, 1.165) is 51.5 Å². The van der Waals surface area contributed by atoms with Gasteiger partial charge in [0.05, 0.1) is 6.20 Å². The number of guanidine groups is 1. The Morgan fingerprint density at radius 1 is 1.23 bits per heavy atom. The lowest BCUT2D eigenvalue weighted by Crippen LogP contribution is -2.40.